The third kappa shape index (κ3) is 4.67. The smallest absolute Gasteiger partial charge is 0.228 e. The zero-order chi connectivity index (χ0) is 23.8. The third-order valence-electron chi connectivity index (χ3n) is 5.57. The first-order valence-electron chi connectivity index (χ1n) is 10.8. The van der Waals surface area contributed by atoms with Crippen LogP contribution in [0.1, 0.15) is 32.0 Å². The summed E-state index contributed by atoms with van der Waals surface area (Å²) < 4.78 is 6.95. The first-order chi connectivity index (χ1) is 15.7. The van der Waals surface area contributed by atoms with Crippen molar-refractivity contribution < 1.29 is 9.53 Å². The Morgan fingerprint density at radius 1 is 1.12 bits per heavy atom. The highest BCUT2D eigenvalue weighted by Crippen LogP contribution is 2.35. The number of nitrogens with two attached hydrogens (primary N) is 1. The van der Waals surface area contributed by atoms with Gasteiger partial charge in [0.05, 0.1) is 18.9 Å². The minimum atomic E-state index is -0.129. The summed E-state index contributed by atoms with van der Waals surface area (Å²) in [4.78, 5) is 17.3. The van der Waals surface area contributed by atoms with Crippen molar-refractivity contribution in [3.63, 3.8) is 0 Å². The number of ether oxygens (including phenoxy) is 1. The van der Waals surface area contributed by atoms with Gasteiger partial charge in [0.2, 0.25) is 5.91 Å². The first-order valence-corrected chi connectivity index (χ1v) is 10.8. The molecule has 0 atom stereocenters. The van der Waals surface area contributed by atoms with Crippen LogP contribution in [0.25, 0.3) is 22.2 Å². The van der Waals surface area contributed by atoms with Crippen LogP contribution < -0.4 is 15.8 Å². The van der Waals surface area contributed by atoms with Crippen LogP contribution in [-0.4, -0.2) is 27.8 Å². The monoisotopic (exact) mass is 443 g/mol. The molecular formula is C26H29N5O2. The lowest BCUT2D eigenvalue weighted by atomic mass is 9.89. The summed E-state index contributed by atoms with van der Waals surface area (Å²) in [6.07, 6.45) is 0.269. The minimum absolute atomic E-state index is 0.0890. The molecule has 7 nitrogen and oxygen atoms in total. The number of nitrogens with one attached hydrogen (secondary N) is 1. The maximum atomic E-state index is 12.5. The number of anilines is 2. The number of pyridine rings is 1. The molecule has 0 aliphatic heterocycles. The van der Waals surface area contributed by atoms with Crippen molar-refractivity contribution in [1.82, 2.24) is 14.8 Å². The Kier molecular flexibility index (Phi) is 5.80. The van der Waals surface area contributed by atoms with Crippen LogP contribution in [0.4, 0.5) is 11.5 Å². The van der Waals surface area contributed by atoms with Crippen molar-refractivity contribution in [2.75, 3.05) is 18.2 Å². The molecule has 0 saturated heterocycles. The largest absolute Gasteiger partial charge is 0.497 e. The van der Waals surface area contributed by atoms with Crippen LogP contribution in [0.5, 0.6) is 5.75 Å². The number of methoxy groups -OCH3 is 1. The normalized spacial score (nSPS) is 11.5. The fraction of sp³-hybridized carbons (Fsp3) is 0.269. The van der Waals surface area contributed by atoms with Gasteiger partial charge in [0.25, 0.3) is 0 Å². The summed E-state index contributed by atoms with van der Waals surface area (Å²) in [6, 6.07) is 17.3. The highest BCUT2D eigenvalue weighted by atomic mass is 16.5. The second-order valence-electron chi connectivity index (χ2n) is 9.17. The average molecular weight is 444 g/mol. The van der Waals surface area contributed by atoms with Crippen LogP contribution in [0.15, 0.2) is 54.6 Å². The Balaban J connectivity index is 1.61. The Hall–Kier alpha value is -3.87. The summed E-state index contributed by atoms with van der Waals surface area (Å²) in [6.45, 7) is 6.39. The maximum absolute atomic E-state index is 12.5. The van der Waals surface area contributed by atoms with Crippen LogP contribution in [0, 0.1) is 0 Å². The predicted octanol–water partition coefficient (Wildman–Crippen LogP) is 4.70. The van der Waals surface area contributed by atoms with Crippen molar-refractivity contribution in [3.05, 3.63) is 65.9 Å². The summed E-state index contributed by atoms with van der Waals surface area (Å²) in [5.74, 6) is 1.09. The molecule has 4 aromatic rings. The lowest BCUT2D eigenvalue weighted by Gasteiger charge is -2.19. The molecule has 0 spiro atoms. The van der Waals surface area contributed by atoms with Crippen molar-refractivity contribution in [3.8, 4) is 16.9 Å². The second kappa shape index (κ2) is 8.58. The number of amides is 1. The van der Waals surface area contributed by atoms with Gasteiger partial charge in [-0.05, 0) is 47.0 Å². The van der Waals surface area contributed by atoms with Crippen LogP contribution in [0.2, 0.25) is 0 Å². The molecule has 0 saturated carbocycles. The molecule has 2 aromatic carbocycles. The molecule has 2 aromatic heterocycles. The van der Waals surface area contributed by atoms with E-state index in [1.807, 2.05) is 55.6 Å². The van der Waals surface area contributed by atoms with Gasteiger partial charge in [-0.15, -0.1) is 0 Å². The second-order valence-corrected chi connectivity index (χ2v) is 9.17. The fourth-order valence-electron chi connectivity index (χ4n) is 3.80. The summed E-state index contributed by atoms with van der Waals surface area (Å²) in [7, 11) is 3.46. The quantitative estimate of drug-likeness (QED) is 0.466. The number of aryl methyl sites for hydroxylation is 1. The van der Waals surface area contributed by atoms with Crippen molar-refractivity contribution in [1.29, 1.82) is 0 Å². The lowest BCUT2D eigenvalue weighted by Crippen LogP contribution is -2.14. The molecule has 0 aliphatic rings. The lowest BCUT2D eigenvalue weighted by molar-refractivity contribution is -0.115. The van der Waals surface area contributed by atoms with Gasteiger partial charge in [-0.1, -0.05) is 45.0 Å². The molecule has 4 rings (SSSR count). The van der Waals surface area contributed by atoms with Gasteiger partial charge in [-0.25, -0.2) is 9.67 Å². The van der Waals surface area contributed by atoms with E-state index in [-0.39, 0.29) is 17.7 Å². The number of rotatable bonds is 5. The van der Waals surface area contributed by atoms with Crippen molar-refractivity contribution >= 4 is 28.4 Å². The number of carbonyl (C=O) groups excluding carboxylic acids is 1. The van der Waals surface area contributed by atoms with Crippen molar-refractivity contribution in [2.24, 2.45) is 7.05 Å². The molecule has 0 fully saturated rings. The molecule has 1 amide bonds. The summed E-state index contributed by atoms with van der Waals surface area (Å²) >= 11 is 0. The Bertz CT molecular complexity index is 1320. The number of hydrogen-bond donors (Lipinski definition) is 2. The standard InChI is InChI=1S/C26H29N5O2/c1-26(2,3)21-15-20(23-24(27)30-31(4)25(23)29-21)17-9-11-18(12-10-17)28-22(32)14-16-7-6-8-19(13-16)33-5/h6-13,15H,14H2,1-5H3,(H2,27,30)(H,28,32). The van der Waals surface area contributed by atoms with E-state index < -0.39 is 0 Å². The Morgan fingerprint density at radius 3 is 2.52 bits per heavy atom. The summed E-state index contributed by atoms with van der Waals surface area (Å²) in [5, 5.41) is 8.17. The van der Waals surface area contributed by atoms with E-state index in [4.69, 9.17) is 15.5 Å². The topological polar surface area (TPSA) is 95.1 Å². The van der Waals surface area contributed by atoms with Gasteiger partial charge >= 0.3 is 0 Å². The van der Waals surface area contributed by atoms with Gasteiger partial charge in [0.15, 0.2) is 11.5 Å². The molecular weight excluding hydrogens is 414 g/mol. The third-order valence-corrected chi connectivity index (χ3v) is 5.57. The van der Waals surface area contributed by atoms with E-state index in [9.17, 15) is 4.79 Å². The zero-order valence-corrected chi connectivity index (χ0v) is 19.6. The van der Waals surface area contributed by atoms with E-state index in [2.05, 4.69) is 37.3 Å². The number of nitrogens with zero attached hydrogens (tertiary/aromatic N) is 3. The molecule has 33 heavy (non-hydrogen) atoms. The van der Waals surface area contributed by atoms with E-state index >= 15 is 0 Å². The van der Waals surface area contributed by atoms with Crippen molar-refractivity contribution in [2.45, 2.75) is 32.6 Å². The molecule has 3 N–H and O–H groups in total. The molecule has 2 heterocycles. The summed E-state index contributed by atoms with van der Waals surface area (Å²) in [5.41, 5.74) is 11.4. The average Bonchev–Trinajstić information content (AvgIpc) is 3.07. The Labute approximate surface area is 193 Å². The van der Waals surface area contributed by atoms with Crippen LogP contribution in [-0.2, 0) is 23.7 Å². The zero-order valence-electron chi connectivity index (χ0n) is 19.6. The van der Waals surface area contributed by atoms with Crippen LogP contribution in [0.3, 0.4) is 0 Å². The maximum Gasteiger partial charge on any atom is 0.228 e. The number of carbonyl (C=O) groups is 1. The first kappa shape index (κ1) is 22.3. The Morgan fingerprint density at radius 2 is 1.85 bits per heavy atom. The van der Waals surface area contributed by atoms with Gasteiger partial charge < -0.3 is 15.8 Å². The van der Waals surface area contributed by atoms with E-state index in [1.165, 1.54) is 0 Å². The number of nitrogen functional groups attached to an aromatic ring is 1. The van der Waals surface area contributed by atoms with Gasteiger partial charge in [-0.3, -0.25) is 4.79 Å². The molecule has 7 heteroatoms. The van der Waals surface area contributed by atoms with E-state index in [0.717, 1.165) is 44.9 Å². The van der Waals surface area contributed by atoms with Gasteiger partial charge in [0, 0.05) is 23.8 Å². The molecule has 170 valence electrons. The molecule has 0 radical (unpaired) electrons. The molecule has 0 bridgehead atoms. The van der Waals surface area contributed by atoms with Gasteiger partial charge in [0.1, 0.15) is 5.75 Å². The number of fused-ring (bicyclic) bond motifs is 1. The van der Waals surface area contributed by atoms with E-state index in [0.29, 0.717) is 5.82 Å². The highest BCUT2D eigenvalue weighted by Gasteiger charge is 2.22. The SMILES string of the molecule is COc1cccc(CC(=O)Nc2ccc(-c3cc(C(C)(C)C)nc4c3c(N)nn4C)cc2)c1. The number of hydrogen-bond acceptors (Lipinski definition) is 5. The van der Waals surface area contributed by atoms with Gasteiger partial charge in [-0.2, -0.15) is 5.10 Å². The van der Waals surface area contributed by atoms with Crippen LogP contribution >= 0.6 is 0 Å². The predicted molar refractivity (Wildman–Crippen MR) is 132 cm³/mol. The number of aromatic nitrogens is 3. The minimum Gasteiger partial charge on any atom is -0.497 e. The molecule has 0 aliphatic carbocycles. The highest BCUT2D eigenvalue weighted by molar-refractivity contribution is 6.01. The molecule has 0 unspecified atom stereocenters. The van der Waals surface area contributed by atoms with E-state index in [1.54, 1.807) is 11.8 Å². The number of benzene rings is 2. The fourth-order valence-corrected chi connectivity index (χ4v) is 3.80.